The average molecular weight is 192 g/mol. The minimum atomic E-state index is -0.372. The first-order chi connectivity index (χ1) is 6.74. The van der Waals surface area contributed by atoms with Gasteiger partial charge in [0.25, 0.3) is 0 Å². The largest absolute Gasteiger partial charge is 0.366 e. The number of nitrogens with one attached hydrogen (secondary N) is 1. The molecule has 0 saturated heterocycles. The maximum absolute atomic E-state index is 10.8. The number of rotatable bonds is 5. The summed E-state index contributed by atoms with van der Waals surface area (Å²) >= 11 is 0. The third-order valence-electron chi connectivity index (χ3n) is 2.08. The lowest BCUT2D eigenvalue weighted by Gasteiger charge is -2.02. The van der Waals surface area contributed by atoms with E-state index >= 15 is 0 Å². The SMILES string of the molecule is CCNCCc1ccc(C(N)=O)cc1. The van der Waals surface area contributed by atoms with Gasteiger partial charge in [-0.15, -0.1) is 0 Å². The molecular formula is C11H16N2O. The van der Waals surface area contributed by atoms with Gasteiger partial charge in [0.1, 0.15) is 0 Å². The molecule has 0 heterocycles. The molecule has 3 N–H and O–H groups in total. The van der Waals surface area contributed by atoms with Crippen LogP contribution in [0.2, 0.25) is 0 Å². The highest BCUT2D eigenvalue weighted by Crippen LogP contribution is 2.03. The number of nitrogens with two attached hydrogens (primary N) is 1. The molecule has 1 aromatic rings. The topological polar surface area (TPSA) is 55.1 Å². The molecular weight excluding hydrogens is 176 g/mol. The van der Waals surface area contributed by atoms with Crippen LogP contribution in [0.5, 0.6) is 0 Å². The lowest BCUT2D eigenvalue weighted by molar-refractivity contribution is 0.100. The van der Waals surface area contributed by atoms with Crippen molar-refractivity contribution >= 4 is 5.91 Å². The highest BCUT2D eigenvalue weighted by Gasteiger charge is 1.98. The number of likely N-dealkylation sites (N-methyl/N-ethyl adjacent to an activating group) is 1. The number of carbonyl (C=O) groups excluding carboxylic acids is 1. The van der Waals surface area contributed by atoms with Crippen LogP contribution in [-0.2, 0) is 6.42 Å². The Morgan fingerprint density at radius 1 is 1.36 bits per heavy atom. The fourth-order valence-corrected chi connectivity index (χ4v) is 1.25. The van der Waals surface area contributed by atoms with Crippen molar-refractivity contribution in [2.75, 3.05) is 13.1 Å². The standard InChI is InChI=1S/C11H16N2O/c1-2-13-8-7-9-3-5-10(6-4-9)11(12)14/h3-6,13H,2,7-8H2,1H3,(H2,12,14). The van der Waals surface area contributed by atoms with Crippen LogP contribution in [0.15, 0.2) is 24.3 Å². The van der Waals surface area contributed by atoms with E-state index < -0.39 is 0 Å². The predicted octanol–water partition coefficient (Wildman–Crippen LogP) is 0.938. The summed E-state index contributed by atoms with van der Waals surface area (Å²) in [7, 11) is 0. The number of hydrogen-bond acceptors (Lipinski definition) is 2. The van der Waals surface area contributed by atoms with Gasteiger partial charge in [-0.05, 0) is 37.2 Å². The van der Waals surface area contributed by atoms with Crippen molar-refractivity contribution in [1.82, 2.24) is 5.32 Å². The molecule has 3 nitrogen and oxygen atoms in total. The molecule has 0 aromatic heterocycles. The smallest absolute Gasteiger partial charge is 0.248 e. The molecule has 14 heavy (non-hydrogen) atoms. The fourth-order valence-electron chi connectivity index (χ4n) is 1.25. The average Bonchev–Trinajstić information content (AvgIpc) is 2.19. The summed E-state index contributed by atoms with van der Waals surface area (Å²) in [6.07, 6.45) is 0.979. The first kappa shape index (κ1) is 10.7. The molecule has 0 fully saturated rings. The summed E-state index contributed by atoms with van der Waals surface area (Å²) in [5, 5.41) is 3.24. The third-order valence-corrected chi connectivity index (χ3v) is 2.08. The molecule has 0 aliphatic rings. The van der Waals surface area contributed by atoms with Crippen LogP contribution < -0.4 is 11.1 Å². The van der Waals surface area contributed by atoms with E-state index in [1.165, 1.54) is 5.56 Å². The molecule has 1 amide bonds. The van der Waals surface area contributed by atoms with Crippen LogP contribution in [0.3, 0.4) is 0 Å². The van der Waals surface area contributed by atoms with E-state index in [0.29, 0.717) is 5.56 Å². The van der Waals surface area contributed by atoms with Gasteiger partial charge in [0, 0.05) is 5.56 Å². The second-order valence-corrected chi connectivity index (χ2v) is 3.16. The van der Waals surface area contributed by atoms with Crippen LogP contribution in [0.4, 0.5) is 0 Å². The molecule has 0 spiro atoms. The van der Waals surface area contributed by atoms with E-state index in [1.54, 1.807) is 12.1 Å². The van der Waals surface area contributed by atoms with Crippen LogP contribution in [-0.4, -0.2) is 19.0 Å². The first-order valence-corrected chi connectivity index (χ1v) is 4.83. The van der Waals surface area contributed by atoms with Crippen molar-refractivity contribution in [3.63, 3.8) is 0 Å². The van der Waals surface area contributed by atoms with Gasteiger partial charge in [0.05, 0.1) is 0 Å². The summed E-state index contributed by atoms with van der Waals surface area (Å²) in [6.45, 7) is 4.03. The highest BCUT2D eigenvalue weighted by atomic mass is 16.1. The molecule has 0 bridgehead atoms. The summed E-state index contributed by atoms with van der Waals surface area (Å²) in [6, 6.07) is 7.42. The lowest BCUT2D eigenvalue weighted by atomic mass is 10.1. The summed E-state index contributed by atoms with van der Waals surface area (Å²) in [5.41, 5.74) is 6.92. The van der Waals surface area contributed by atoms with E-state index in [0.717, 1.165) is 19.5 Å². The molecule has 76 valence electrons. The lowest BCUT2D eigenvalue weighted by Crippen LogP contribution is -2.16. The van der Waals surface area contributed by atoms with Crippen molar-refractivity contribution in [3.8, 4) is 0 Å². The fraction of sp³-hybridized carbons (Fsp3) is 0.364. The number of benzene rings is 1. The molecule has 1 aromatic carbocycles. The van der Waals surface area contributed by atoms with Crippen LogP contribution in [0.25, 0.3) is 0 Å². The van der Waals surface area contributed by atoms with Crippen molar-refractivity contribution in [3.05, 3.63) is 35.4 Å². The Kier molecular flexibility index (Phi) is 4.13. The predicted molar refractivity (Wildman–Crippen MR) is 57.2 cm³/mol. The molecule has 0 unspecified atom stereocenters. The van der Waals surface area contributed by atoms with Gasteiger partial charge in [-0.3, -0.25) is 4.79 Å². The number of primary amides is 1. The van der Waals surface area contributed by atoms with Crippen LogP contribution >= 0.6 is 0 Å². The van der Waals surface area contributed by atoms with Crippen molar-refractivity contribution in [1.29, 1.82) is 0 Å². The van der Waals surface area contributed by atoms with E-state index in [-0.39, 0.29) is 5.91 Å². The number of carbonyl (C=O) groups is 1. The third kappa shape index (κ3) is 3.18. The summed E-state index contributed by atoms with van der Waals surface area (Å²) in [4.78, 5) is 10.8. The Morgan fingerprint density at radius 2 is 2.00 bits per heavy atom. The molecule has 0 saturated carbocycles. The Hall–Kier alpha value is -1.35. The van der Waals surface area contributed by atoms with Crippen LogP contribution in [0.1, 0.15) is 22.8 Å². The van der Waals surface area contributed by atoms with Gasteiger partial charge in [-0.2, -0.15) is 0 Å². The van der Waals surface area contributed by atoms with Gasteiger partial charge in [-0.1, -0.05) is 19.1 Å². The van der Waals surface area contributed by atoms with Gasteiger partial charge < -0.3 is 11.1 Å². The van der Waals surface area contributed by atoms with Crippen molar-refractivity contribution < 1.29 is 4.79 Å². The molecule has 0 aliphatic carbocycles. The number of amides is 1. The second-order valence-electron chi connectivity index (χ2n) is 3.16. The minimum absolute atomic E-state index is 0.372. The normalized spacial score (nSPS) is 10.1. The zero-order valence-corrected chi connectivity index (χ0v) is 8.42. The Bertz CT molecular complexity index is 293. The zero-order valence-electron chi connectivity index (χ0n) is 8.42. The summed E-state index contributed by atoms with van der Waals surface area (Å²) in [5.74, 6) is -0.372. The van der Waals surface area contributed by atoms with E-state index in [1.807, 2.05) is 12.1 Å². The molecule has 0 aliphatic heterocycles. The Morgan fingerprint density at radius 3 is 2.50 bits per heavy atom. The maximum Gasteiger partial charge on any atom is 0.248 e. The van der Waals surface area contributed by atoms with Gasteiger partial charge >= 0.3 is 0 Å². The zero-order chi connectivity index (χ0) is 10.4. The van der Waals surface area contributed by atoms with E-state index in [2.05, 4.69) is 12.2 Å². The molecule has 0 atom stereocenters. The Balaban J connectivity index is 2.51. The molecule has 1 rings (SSSR count). The van der Waals surface area contributed by atoms with E-state index in [4.69, 9.17) is 5.73 Å². The van der Waals surface area contributed by atoms with Gasteiger partial charge in [0.15, 0.2) is 0 Å². The molecule has 3 heteroatoms. The molecule has 0 radical (unpaired) electrons. The monoisotopic (exact) mass is 192 g/mol. The number of hydrogen-bond donors (Lipinski definition) is 2. The quantitative estimate of drug-likeness (QED) is 0.682. The van der Waals surface area contributed by atoms with Gasteiger partial charge in [0.2, 0.25) is 5.91 Å². The minimum Gasteiger partial charge on any atom is -0.366 e. The Labute approximate surface area is 84.3 Å². The maximum atomic E-state index is 10.8. The second kappa shape index (κ2) is 5.40. The highest BCUT2D eigenvalue weighted by molar-refractivity contribution is 5.92. The van der Waals surface area contributed by atoms with Crippen molar-refractivity contribution in [2.45, 2.75) is 13.3 Å². The van der Waals surface area contributed by atoms with Crippen molar-refractivity contribution in [2.24, 2.45) is 5.73 Å². The summed E-state index contributed by atoms with van der Waals surface area (Å²) < 4.78 is 0. The van der Waals surface area contributed by atoms with Gasteiger partial charge in [-0.25, -0.2) is 0 Å². The van der Waals surface area contributed by atoms with E-state index in [9.17, 15) is 4.79 Å². The first-order valence-electron chi connectivity index (χ1n) is 4.83. The van der Waals surface area contributed by atoms with Crippen LogP contribution in [0, 0.1) is 0 Å².